The van der Waals surface area contributed by atoms with Crippen LogP contribution >= 0.6 is 0 Å². The second-order valence-electron chi connectivity index (χ2n) is 3.36. The summed E-state index contributed by atoms with van der Waals surface area (Å²) in [6.07, 6.45) is 8.55. The summed E-state index contributed by atoms with van der Waals surface area (Å²) in [6, 6.07) is 4.17. The molecule has 0 fully saturated rings. The standard InChI is InChI=1S/C12H19NO/c1-2-14-11-5-3-4-6-12-7-9-13-10-8-12/h7-10H,2-6,11H2,1H3. The molecule has 0 saturated carbocycles. The Balaban J connectivity index is 1.99. The summed E-state index contributed by atoms with van der Waals surface area (Å²) >= 11 is 0. The number of ether oxygens (including phenoxy) is 1. The second kappa shape index (κ2) is 7.51. The molecular formula is C12H19NO. The number of nitrogens with zero attached hydrogens (tertiary/aromatic N) is 1. The fourth-order valence-corrected chi connectivity index (χ4v) is 1.40. The van der Waals surface area contributed by atoms with Crippen molar-refractivity contribution in [3.63, 3.8) is 0 Å². The van der Waals surface area contributed by atoms with Crippen molar-refractivity contribution >= 4 is 0 Å². The van der Waals surface area contributed by atoms with Gasteiger partial charge in [-0.2, -0.15) is 0 Å². The average molecular weight is 193 g/mol. The SMILES string of the molecule is CCOCCCCCc1ccncc1. The van der Waals surface area contributed by atoms with Crippen LogP contribution in [0.1, 0.15) is 31.7 Å². The Kier molecular flexibility index (Phi) is 6.00. The summed E-state index contributed by atoms with van der Waals surface area (Å²) in [7, 11) is 0. The predicted octanol–water partition coefficient (Wildman–Crippen LogP) is 2.83. The molecule has 0 bridgehead atoms. The number of unbranched alkanes of at least 4 members (excludes halogenated alkanes) is 2. The van der Waals surface area contributed by atoms with Crippen LogP contribution in [0.2, 0.25) is 0 Å². The maximum Gasteiger partial charge on any atom is 0.0465 e. The maximum absolute atomic E-state index is 5.28. The first-order valence-electron chi connectivity index (χ1n) is 5.40. The minimum absolute atomic E-state index is 0.838. The number of rotatable bonds is 7. The lowest BCUT2D eigenvalue weighted by molar-refractivity contribution is 0.143. The van der Waals surface area contributed by atoms with Crippen molar-refractivity contribution in [3.05, 3.63) is 30.1 Å². The molecule has 0 aliphatic heterocycles. The number of hydrogen-bond acceptors (Lipinski definition) is 2. The van der Waals surface area contributed by atoms with Crippen LogP contribution < -0.4 is 0 Å². The van der Waals surface area contributed by atoms with E-state index in [2.05, 4.69) is 17.1 Å². The smallest absolute Gasteiger partial charge is 0.0465 e. The fraction of sp³-hybridized carbons (Fsp3) is 0.583. The van der Waals surface area contributed by atoms with E-state index in [1.54, 1.807) is 0 Å². The van der Waals surface area contributed by atoms with E-state index in [-0.39, 0.29) is 0 Å². The summed E-state index contributed by atoms with van der Waals surface area (Å²) in [5.74, 6) is 0. The lowest BCUT2D eigenvalue weighted by Crippen LogP contribution is -1.94. The molecule has 1 heterocycles. The molecule has 0 aromatic carbocycles. The molecule has 0 amide bonds. The summed E-state index contributed by atoms with van der Waals surface area (Å²) in [4.78, 5) is 3.99. The van der Waals surface area contributed by atoms with Crippen molar-refractivity contribution < 1.29 is 4.74 Å². The zero-order chi connectivity index (χ0) is 10.1. The van der Waals surface area contributed by atoms with Gasteiger partial charge in [0.05, 0.1) is 0 Å². The van der Waals surface area contributed by atoms with Crippen LogP contribution in [-0.2, 0) is 11.2 Å². The molecule has 0 radical (unpaired) electrons. The van der Waals surface area contributed by atoms with Gasteiger partial charge < -0.3 is 4.74 Å². The van der Waals surface area contributed by atoms with Crippen molar-refractivity contribution in [2.45, 2.75) is 32.6 Å². The number of aromatic nitrogens is 1. The van der Waals surface area contributed by atoms with Gasteiger partial charge in [0.25, 0.3) is 0 Å². The lowest BCUT2D eigenvalue weighted by atomic mass is 10.1. The van der Waals surface area contributed by atoms with Gasteiger partial charge >= 0.3 is 0 Å². The van der Waals surface area contributed by atoms with Gasteiger partial charge in [-0.25, -0.2) is 0 Å². The topological polar surface area (TPSA) is 22.1 Å². The first-order valence-corrected chi connectivity index (χ1v) is 5.40. The molecule has 0 atom stereocenters. The van der Waals surface area contributed by atoms with Crippen LogP contribution in [0.15, 0.2) is 24.5 Å². The fourth-order valence-electron chi connectivity index (χ4n) is 1.40. The molecule has 14 heavy (non-hydrogen) atoms. The summed E-state index contributed by atoms with van der Waals surface area (Å²) in [6.45, 7) is 3.79. The zero-order valence-electron chi connectivity index (χ0n) is 8.91. The van der Waals surface area contributed by atoms with Gasteiger partial charge in [-0.15, -0.1) is 0 Å². The molecule has 78 valence electrons. The Morgan fingerprint density at radius 2 is 1.93 bits per heavy atom. The molecule has 0 saturated heterocycles. The van der Waals surface area contributed by atoms with Gasteiger partial charge in [0.1, 0.15) is 0 Å². The first-order chi connectivity index (χ1) is 6.93. The van der Waals surface area contributed by atoms with Gasteiger partial charge in [-0.05, 0) is 43.9 Å². The van der Waals surface area contributed by atoms with E-state index >= 15 is 0 Å². The number of pyridine rings is 1. The largest absolute Gasteiger partial charge is 0.382 e. The zero-order valence-corrected chi connectivity index (χ0v) is 8.91. The van der Waals surface area contributed by atoms with Gasteiger partial charge in [-0.3, -0.25) is 4.98 Å². The Hall–Kier alpha value is -0.890. The van der Waals surface area contributed by atoms with Gasteiger partial charge in [0.15, 0.2) is 0 Å². The average Bonchev–Trinajstić information content (AvgIpc) is 2.25. The van der Waals surface area contributed by atoms with E-state index in [1.165, 1.54) is 24.8 Å². The molecule has 1 aromatic heterocycles. The van der Waals surface area contributed by atoms with E-state index in [0.29, 0.717) is 0 Å². The number of hydrogen-bond donors (Lipinski definition) is 0. The molecule has 2 heteroatoms. The Morgan fingerprint density at radius 3 is 2.64 bits per heavy atom. The van der Waals surface area contributed by atoms with E-state index in [9.17, 15) is 0 Å². The molecule has 0 aliphatic carbocycles. The minimum Gasteiger partial charge on any atom is -0.382 e. The molecule has 0 unspecified atom stereocenters. The maximum atomic E-state index is 5.28. The summed E-state index contributed by atoms with van der Waals surface area (Å²) < 4.78 is 5.28. The van der Waals surface area contributed by atoms with Gasteiger partial charge in [-0.1, -0.05) is 6.42 Å². The van der Waals surface area contributed by atoms with Crippen LogP contribution in [0.4, 0.5) is 0 Å². The summed E-state index contributed by atoms with van der Waals surface area (Å²) in [5, 5.41) is 0. The third-order valence-electron chi connectivity index (χ3n) is 2.21. The third-order valence-corrected chi connectivity index (χ3v) is 2.21. The highest BCUT2D eigenvalue weighted by Gasteiger charge is 1.92. The van der Waals surface area contributed by atoms with E-state index in [1.807, 2.05) is 19.3 Å². The lowest BCUT2D eigenvalue weighted by Gasteiger charge is -2.01. The van der Waals surface area contributed by atoms with Crippen molar-refractivity contribution in [1.29, 1.82) is 0 Å². The van der Waals surface area contributed by atoms with E-state index in [0.717, 1.165) is 19.6 Å². The predicted molar refractivity (Wildman–Crippen MR) is 58.3 cm³/mol. The van der Waals surface area contributed by atoms with Crippen LogP contribution in [0, 0.1) is 0 Å². The minimum atomic E-state index is 0.838. The Morgan fingerprint density at radius 1 is 1.14 bits per heavy atom. The van der Waals surface area contributed by atoms with Crippen molar-refractivity contribution in [3.8, 4) is 0 Å². The molecule has 0 spiro atoms. The molecule has 1 rings (SSSR count). The number of aryl methyl sites for hydroxylation is 1. The van der Waals surface area contributed by atoms with Crippen LogP contribution in [0.3, 0.4) is 0 Å². The first kappa shape index (κ1) is 11.2. The summed E-state index contributed by atoms with van der Waals surface area (Å²) in [5.41, 5.74) is 1.39. The molecule has 1 aromatic rings. The van der Waals surface area contributed by atoms with E-state index < -0.39 is 0 Å². The van der Waals surface area contributed by atoms with Crippen molar-refractivity contribution in [2.75, 3.05) is 13.2 Å². The Labute approximate surface area is 86.3 Å². The van der Waals surface area contributed by atoms with Crippen molar-refractivity contribution in [2.24, 2.45) is 0 Å². The van der Waals surface area contributed by atoms with E-state index in [4.69, 9.17) is 4.74 Å². The second-order valence-corrected chi connectivity index (χ2v) is 3.36. The van der Waals surface area contributed by atoms with Gasteiger partial charge in [0.2, 0.25) is 0 Å². The Bertz CT molecular complexity index is 223. The van der Waals surface area contributed by atoms with Gasteiger partial charge in [0, 0.05) is 25.6 Å². The highest BCUT2D eigenvalue weighted by Crippen LogP contribution is 2.05. The highest BCUT2D eigenvalue weighted by atomic mass is 16.5. The quantitative estimate of drug-likeness (QED) is 0.621. The molecule has 0 N–H and O–H groups in total. The van der Waals surface area contributed by atoms with Crippen LogP contribution in [0.25, 0.3) is 0 Å². The molecule has 2 nitrogen and oxygen atoms in total. The monoisotopic (exact) mass is 193 g/mol. The molecule has 0 aliphatic rings. The van der Waals surface area contributed by atoms with Crippen molar-refractivity contribution in [1.82, 2.24) is 4.98 Å². The normalized spacial score (nSPS) is 10.4. The third kappa shape index (κ3) is 4.97. The molecular weight excluding hydrogens is 174 g/mol. The highest BCUT2D eigenvalue weighted by molar-refractivity contribution is 5.09. The van der Waals surface area contributed by atoms with Crippen LogP contribution in [0.5, 0.6) is 0 Å². The van der Waals surface area contributed by atoms with Crippen LogP contribution in [-0.4, -0.2) is 18.2 Å².